The van der Waals surface area contributed by atoms with Crippen LogP contribution in [-0.2, 0) is 14.3 Å². The molecule has 6 nitrogen and oxygen atoms in total. The number of rotatable bonds is 4. The number of esters is 1. The summed E-state index contributed by atoms with van der Waals surface area (Å²) < 4.78 is 10.2. The average molecular weight is 374 g/mol. The number of piperidine rings is 1. The number of hydrogen-bond donors (Lipinski definition) is 0. The molecule has 26 heavy (non-hydrogen) atoms. The molecule has 0 atom stereocenters. The standard InChI is InChI=1S/C19H22N2O4S/c1-3-25-18(23)14-8-10-21(11-9-14)19-20-17(22)16(26-19)12-13-4-6-15(24-2)7-5-13/h4-7,12,14H,3,8-11H2,1-2H3/b16-12-. The van der Waals surface area contributed by atoms with Crippen molar-refractivity contribution in [2.75, 3.05) is 26.8 Å². The van der Waals surface area contributed by atoms with Crippen LogP contribution in [-0.4, -0.2) is 48.8 Å². The zero-order valence-electron chi connectivity index (χ0n) is 14.9. The van der Waals surface area contributed by atoms with Crippen LogP contribution in [0.2, 0.25) is 0 Å². The van der Waals surface area contributed by atoms with E-state index < -0.39 is 0 Å². The van der Waals surface area contributed by atoms with Crippen LogP contribution in [0.15, 0.2) is 34.2 Å². The molecule has 0 spiro atoms. The molecule has 0 bridgehead atoms. The summed E-state index contributed by atoms with van der Waals surface area (Å²) in [4.78, 5) is 30.9. The lowest BCUT2D eigenvalue weighted by Crippen LogP contribution is -2.39. The van der Waals surface area contributed by atoms with Gasteiger partial charge in [-0.25, -0.2) is 0 Å². The quantitative estimate of drug-likeness (QED) is 0.596. The van der Waals surface area contributed by atoms with E-state index in [9.17, 15) is 9.59 Å². The normalized spacial score (nSPS) is 19.6. The number of amidine groups is 1. The summed E-state index contributed by atoms with van der Waals surface area (Å²) in [5, 5.41) is 0.720. The number of hydrogen-bond acceptors (Lipinski definition) is 6. The number of methoxy groups -OCH3 is 1. The van der Waals surface area contributed by atoms with Crippen LogP contribution in [0, 0.1) is 5.92 Å². The van der Waals surface area contributed by atoms with Gasteiger partial charge >= 0.3 is 5.97 Å². The number of benzene rings is 1. The fraction of sp³-hybridized carbons (Fsp3) is 0.421. The van der Waals surface area contributed by atoms with Crippen molar-refractivity contribution >= 4 is 34.9 Å². The third kappa shape index (κ3) is 4.27. The Morgan fingerprint density at radius 2 is 2.00 bits per heavy atom. The summed E-state index contributed by atoms with van der Waals surface area (Å²) in [5.74, 6) is 0.389. The van der Waals surface area contributed by atoms with E-state index in [0.717, 1.165) is 29.3 Å². The number of aliphatic imine (C=N–C) groups is 1. The average Bonchev–Trinajstić information content (AvgIpc) is 3.03. The van der Waals surface area contributed by atoms with Gasteiger partial charge in [-0.1, -0.05) is 12.1 Å². The van der Waals surface area contributed by atoms with Gasteiger partial charge in [0.05, 0.1) is 24.5 Å². The van der Waals surface area contributed by atoms with Crippen molar-refractivity contribution in [3.05, 3.63) is 34.7 Å². The smallest absolute Gasteiger partial charge is 0.309 e. The van der Waals surface area contributed by atoms with Gasteiger partial charge in [0.2, 0.25) is 0 Å². The molecule has 1 saturated heterocycles. The first-order chi connectivity index (χ1) is 12.6. The summed E-state index contributed by atoms with van der Waals surface area (Å²) in [6.45, 7) is 3.64. The summed E-state index contributed by atoms with van der Waals surface area (Å²) >= 11 is 1.39. The van der Waals surface area contributed by atoms with Gasteiger partial charge < -0.3 is 14.4 Å². The maximum absolute atomic E-state index is 12.2. The molecule has 0 aliphatic carbocycles. The molecular formula is C19H22N2O4S. The van der Waals surface area contributed by atoms with Crippen LogP contribution >= 0.6 is 11.8 Å². The minimum atomic E-state index is -0.215. The van der Waals surface area contributed by atoms with E-state index >= 15 is 0 Å². The van der Waals surface area contributed by atoms with Crippen molar-refractivity contribution in [3.8, 4) is 5.75 Å². The molecule has 2 heterocycles. The highest BCUT2D eigenvalue weighted by Crippen LogP contribution is 2.32. The number of carbonyl (C=O) groups is 2. The molecule has 0 aromatic heterocycles. The zero-order valence-corrected chi connectivity index (χ0v) is 15.8. The Hall–Kier alpha value is -2.28. The third-order valence-electron chi connectivity index (χ3n) is 4.41. The molecule has 3 rings (SSSR count). The predicted octanol–water partition coefficient (Wildman–Crippen LogP) is 2.94. The van der Waals surface area contributed by atoms with Crippen molar-refractivity contribution in [1.82, 2.24) is 4.90 Å². The lowest BCUT2D eigenvalue weighted by Gasteiger charge is -2.31. The van der Waals surface area contributed by atoms with Crippen molar-refractivity contribution < 1.29 is 19.1 Å². The van der Waals surface area contributed by atoms with Crippen molar-refractivity contribution in [2.24, 2.45) is 10.9 Å². The van der Waals surface area contributed by atoms with Gasteiger partial charge in [-0.3, -0.25) is 9.59 Å². The molecule has 138 valence electrons. The van der Waals surface area contributed by atoms with Gasteiger partial charge in [0.1, 0.15) is 5.75 Å². The zero-order chi connectivity index (χ0) is 18.5. The van der Waals surface area contributed by atoms with Crippen molar-refractivity contribution in [2.45, 2.75) is 19.8 Å². The molecule has 0 N–H and O–H groups in total. The topological polar surface area (TPSA) is 68.2 Å². The lowest BCUT2D eigenvalue weighted by molar-refractivity contribution is -0.149. The van der Waals surface area contributed by atoms with E-state index in [4.69, 9.17) is 9.47 Å². The van der Waals surface area contributed by atoms with Gasteiger partial charge in [0, 0.05) is 13.1 Å². The number of thioether (sulfide) groups is 1. The Labute approximate surface area is 157 Å². The first-order valence-corrected chi connectivity index (χ1v) is 9.50. The predicted molar refractivity (Wildman–Crippen MR) is 102 cm³/mol. The first-order valence-electron chi connectivity index (χ1n) is 8.69. The first kappa shape index (κ1) is 18.5. The van der Waals surface area contributed by atoms with Crippen LogP contribution in [0.5, 0.6) is 5.75 Å². The molecule has 1 fully saturated rings. The van der Waals surface area contributed by atoms with E-state index in [1.807, 2.05) is 37.3 Å². The highest BCUT2D eigenvalue weighted by Gasteiger charge is 2.31. The monoisotopic (exact) mass is 374 g/mol. The number of nitrogens with zero attached hydrogens (tertiary/aromatic N) is 2. The van der Waals surface area contributed by atoms with E-state index in [2.05, 4.69) is 9.89 Å². The van der Waals surface area contributed by atoms with Crippen molar-refractivity contribution in [3.63, 3.8) is 0 Å². The number of carbonyl (C=O) groups excluding carboxylic acids is 2. The van der Waals surface area contributed by atoms with Crippen LogP contribution < -0.4 is 4.74 Å². The van der Waals surface area contributed by atoms with Crippen LogP contribution in [0.4, 0.5) is 0 Å². The Morgan fingerprint density at radius 1 is 1.31 bits per heavy atom. The fourth-order valence-electron chi connectivity index (χ4n) is 2.95. The second kappa shape index (κ2) is 8.40. The van der Waals surface area contributed by atoms with Crippen LogP contribution in [0.3, 0.4) is 0 Å². The second-order valence-electron chi connectivity index (χ2n) is 6.10. The summed E-state index contributed by atoms with van der Waals surface area (Å²) in [6, 6.07) is 7.53. The molecule has 1 amide bonds. The fourth-order valence-corrected chi connectivity index (χ4v) is 3.92. The third-order valence-corrected chi connectivity index (χ3v) is 5.45. The molecule has 1 aromatic carbocycles. The summed E-state index contributed by atoms with van der Waals surface area (Å²) in [6.07, 6.45) is 3.29. The Balaban J connectivity index is 1.60. The second-order valence-corrected chi connectivity index (χ2v) is 7.11. The Morgan fingerprint density at radius 3 is 2.62 bits per heavy atom. The molecule has 0 saturated carbocycles. The van der Waals surface area contributed by atoms with E-state index in [1.54, 1.807) is 7.11 Å². The number of ether oxygens (including phenoxy) is 2. The van der Waals surface area contributed by atoms with E-state index in [1.165, 1.54) is 11.8 Å². The Bertz CT molecular complexity index is 734. The van der Waals surface area contributed by atoms with Gasteiger partial charge in [-0.15, -0.1) is 0 Å². The van der Waals surface area contributed by atoms with E-state index in [0.29, 0.717) is 24.6 Å². The number of amides is 1. The van der Waals surface area contributed by atoms with Gasteiger partial charge in [0.25, 0.3) is 5.91 Å². The van der Waals surface area contributed by atoms with Gasteiger partial charge in [0.15, 0.2) is 5.17 Å². The summed E-state index contributed by atoms with van der Waals surface area (Å²) in [7, 11) is 1.62. The summed E-state index contributed by atoms with van der Waals surface area (Å²) in [5.41, 5.74) is 0.930. The van der Waals surface area contributed by atoms with Crippen LogP contribution in [0.1, 0.15) is 25.3 Å². The molecule has 1 aromatic rings. The molecule has 0 unspecified atom stereocenters. The minimum absolute atomic E-state index is 0.0526. The largest absolute Gasteiger partial charge is 0.497 e. The van der Waals surface area contributed by atoms with Crippen LogP contribution in [0.25, 0.3) is 6.08 Å². The molecule has 2 aliphatic rings. The number of likely N-dealkylation sites (tertiary alicyclic amines) is 1. The Kier molecular flexibility index (Phi) is 5.98. The molecule has 7 heteroatoms. The molecular weight excluding hydrogens is 352 g/mol. The molecule has 0 radical (unpaired) electrons. The maximum atomic E-state index is 12.2. The lowest BCUT2D eigenvalue weighted by atomic mass is 9.97. The maximum Gasteiger partial charge on any atom is 0.309 e. The van der Waals surface area contributed by atoms with Crippen molar-refractivity contribution in [1.29, 1.82) is 0 Å². The highest BCUT2D eigenvalue weighted by atomic mass is 32.2. The minimum Gasteiger partial charge on any atom is -0.497 e. The molecule has 2 aliphatic heterocycles. The SMILES string of the molecule is CCOC(=O)C1CCN(C2=NC(=O)/C(=C/c3ccc(OC)cc3)S2)CC1. The highest BCUT2D eigenvalue weighted by molar-refractivity contribution is 8.18. The van der Waals surface area contributed by atoms with Gasteiger partial charge in [-0.05, 0) is 55.3 Å². The van der Waals surface area contributed by atoms with E-state index in [-0.39, 0.29) is 17.8 Å². The van der Waals surface area contributed by atoms with Gasteiger partial charge in [-0.2, -0.15) is 4.99 Å².